The van der Waals surface area contributed by atoms with Crippen LogP contribution in [0.15, 0.2) is 41.3 Å². The van der Waals surface area contributed by atoms with Crippen molar-refractivity contribution in [1.82, 2.24) is 9.29 Å². The fourth-order valence-electron chi connectivity index (χ4n) is 2.25. The highest BCUT2D eigenvalue weighted by atomic mass is 32.2. The second-order valence-corrected chi connectivity index (χ2v) is 7.16. The quantitative estimate of drug-likeness (QED) is 0.855. The predicted octanol–water partition coefficient (Wildman–Crippen LogP) is 2.12. The molecule has 0 radical (unpaired) electrons. The Bertz CT molecular complexity index is 836. The van der Waals surface area contributed by atoms with Crippen LogP contribution in [0.1, 0.15) is 5.69 Å². The van der Waals surface area contributed by atoms with Gasteiger partial charge in [0.05, 0.1) is 13.1 Å². The molecule has 1 aromatic heterocycles. The van der Waals surface area contributed by atoms with E-state index in [2.05, 4.69) is 4.98 Å². The van der Waals surface area contributed by atoms with Crippen LogP contribution in [-0.2, 0) is 10.0 Å². The van der Waals surface area contributed by atoms with Gasteiger partial charge in [0, 0.05) is 17.8 Å². The molecule has 0 spiro atoms. The van der Waals surface area contributed by atoms with E-state index in [0.717, 1.165) is 22.1 Å². The first-order chi connectivity index (χ1) is 10.9. The van der Waals surface area contributed by atoms with Crippen LogP contribution >= 0.6 is 0 Å². The smallest absolute Gasteiger partial charge is 0.246 e. The minimum atomic E-state index is -3.99. The van der Waals surface area contributed by atoms with Crippen LogP contribution in [0.5, 0.6) is 5.88 Å². The van der Waals surface area contributed by atoms with Crippen LogP contribution in [0.25, 0.3) is 0 Å². The van der Waals surface area contributed by atoms with Crippen molar-refractivity contribution in [3.05, 3.63) is 53.7 Å². The third-order valence-electron chi connectivity index (χ3n) is 3.48. The normalized spacial score (nSPS) is 16.1. The van der Waals surface area contributed by atoms with E-state index < -0.39 is 26.6 Å². The summed E-state index contributed by atoms with van der Waals surface area (Å²) < 4.78 is 57.8. The fraction of sp³-hybridized carbons (Fsp3) is 0.267. The molecular formula is C15H14F2N2O3S. The minimum Gasteiger partial charge on any atom is -0.472 e. The molecular weight excluding hydrogens is 326 g/mol. The lowest BCUT2D eigenvalue weighted by Gasteiger charge is -2.37. The lowest BCUT2D eigenvalue weighted by Crippen LogP contribution is -2.56. The molecule has 122 valence electrons. The highest BCUT2D eigenvalue weighted by Gasteiger charge is 2.39. The van der Waals surface area contributed by atoms with Crippen molar-refractivity contribution in [2.45, 2.75) is 17.9 Å². The number of sulfonamides is 1. The van der Waals surface area contributed by atoms with Crippen LogP contribution in [0.2, 0.25) is 0 Å². The Kier molecular flexibility index (Phi) is 4.03. The van der Waals surface area contributed by atoms with Crippen molar-refractivity contribution in [1.29, 1.82) is 0 Å². The Hall–Kier alpha value is -2.06. The predicted molar refractivity (Wildman–Crippen MR) is 78.5 cm³/mol. The lowest BCUT2D eigenvalue weighted by atomic mass is 10.2. The van der Waals surface area contributed by atoms with Crippen LogP contribution in [0.4, 0.5) is 8.78 Å². The van der Waals surface area contributed by atoms with Crippen molar-refractivity contribution in [2.24, 2.45) is 0 Å². The maximum Gasteiger partial charge on any atom is 0.246 e. The maximum absolute atomic E-state index is 13.7. The summed E-state index contributed by atoms with van der Waals surface area (Å²) in [7, 11) is -3.99. The van der Waals surface area contributed by atoms with Crippen LogP contribution in [-0.4, -0.2) is 36.9 Å². The Balaban J connectivity index is 1.68. The SMILES string of the molecule is Cc1cccc(OC2CN(S(=O)(=O)c3ccc(F)cc3F)C2)n1. The first-order valence-electron chi connectivity index (χ1n) is 6.92. The molecule has 3 rings (SSSR count). The zero-order valence-corrected chi connectivity index (χ0v) is 13.1. The molecule has 1 aliphatic heterocycles. The van der Waals surface area contributed by atoms with E-state index >= 15 is 0 Å². The molecule has 1 fully saturated rings. The summed E-state index contributed by atoms with van der Waals surface area (Å²) in [6.07, 6.45) is -0.345. The van der Waals surface area contributed by atoms with E-state index in [0.29, 0.717) is 11.9 Å². The van der Waals surface area contributed by atoms with Gasteiger partial charge in [0.15, 0.2) is 0 Å². The Labute approximate surface area is 132 Å². The Morgan fingerprint density at radius 3 is 2.61 bits per heavy atom. The van der Waals surface area contributed by atoms with Crippen molar-refractivity contribution < 1.29 is 21.9 Å². The molecule has 0 bridgehead atoms. The lowest BCUT2D eigenvalue weighted by molar-refractivity contribution is 0.0718. The molecule has 0 N–H and O–H groups in total. The summed E-state index contributed by atoms with van der Waals surface area (Å²) in [5.41, 5.74) is 0.791. The average molecular weight is 340 g/mol. The summed E-state index contributed by atoms with van der Waals surface area (Å²) in [6.45, 7) is 2.01. The number of pyridine rings is 1. The van der Waals surface area contributed by atoms with Gasteiger partial charge in [0.2, 0.25) is 15.9 Å². The first kappa shape index (κ1) is 15.8. The molecule has 0 saturated carbocycles. The Morgan fingerprint density at radius 1 is 1.22 bits per heavy atom. The number of nitrogens with zero attached hydrogens (tertiary/aromatic N) is 2. The van der Waals surface area contributed by atoms with Gasteiger partial charge in [-0.1, -0.05) is 6.07 Å². The van der Waals surface area contributed by atoms with Crippen LogP contribution in [0.3, 0.4) is 0 Å². The third kappa shape index (κ3) is 3.18. The summed E-state index contributed by atoms with van der Waals surface area (Å²) in [6, 6.07) is 7.69. The van der Waals surface area contributed by atoms with Crippen molar-refractivity contribution >= 4 is 10.0 Å². The molecule has 0 amide bonds. The summed E-state index contributed by atoms with van der Waals surface area (Å²) in [5, 5.41) is 0. The van der Waals surface area contributed by atoms with E-state index in [1.807, 2.05) is 13.0 Å². The molecule has 0 atom stereocenters. The van der Waals surface area contributed by atoms with Crippen molar-refractivity contribution in [3.8, 4) is 5.88 Å². The molecule has 2 aromatic rings. The average Bonchev–Trinajstić information content (AvgIpc) is 2.41. The Morgan fingerprint density at radius 2 is 1.96 bits per heavy atom. The summed E-state index contributed by atoms with van der Waals surface area (Å²) >= 11 is 0. The molecule has 2 heterocycles. The largest absolute Gasteiger partial charge is 0.472 e. The number of halogens is 2. The highest BCUT2D eigenvalue weighted by molar-refractivity contribution is 7.89. The molecule has 1 saturated heterocycles. The monoisotopic (exact) mass is 340 g/mol. The van der Waals surface area contributed by atoms with E-state index in [1.54, 1.807) is 12.1 Å². The molecule has 1 aliphatic rings. The van der Waals surface area contributed by atoms with Gasteiger partial charge in [-0.15, -0.1) is 0 Å². The zero-order valence-electron chi connectivity index (χ0n) is 12.2. The van der Waals surface area contributed by atoms with E-state index in [-0.39, 0.29) is 19.2 Å². The summed E-state index contributed by atoms with van der Waals surface area (Å²) in [5.74, 6) is -1.51. The standard InChI is InChI=1S/C15H14F2N2O3S/c1-10-3-2-4-15(18-10)22-12-8-19(9-12)23(20,21)14-6-5-11(16)7-13(14)17/h2-7,12H,8-9H2,1H3. The van der Waals surface area contributed by atoms with Crippen LogP contribution < -0.4 is 4.74 Å². The zero-order chi connectivity index (χ0) is 16.6. The first-order valence-corrected chi connectivity index (χ1v) is 8.36. The van der Waals surface area contributed by atoms with Gasteiger partial charge < -0.3 is 4.74 Å². The molecule has 0 unspecified atom stereocenters. The topological polar surface area (TPSA) is 59.5 Å². The number of benzene rings is 1. The molecule has 23 heavy (non-hydrogen) atoms. The van der Waals surface area contributed by atoms with Crippen LogP contribution in [0, 0.1) is 18.6 Å². The minimum absolute atomic E-state index is 0.0920. The van der Waals surface area contributed by atoms with Gasteiger partial charge in [-0.05, 0) is 25.1 Å². The second kappa shape index (κ2) is 5.86. The van der Waals surface area contributed by atoms with E-state index in [1.165, 1.54) is 0 Å². The molecule has 8 heteroatoms. The fourth-order valence-corrected chi connectivity index (χ4v) is 3.80. The highest BCUT2D eigenvalue weighted by Crippen LogP contribution is 2.26. The van der Waals surface area contributed by atoms with Gasteiger partial charge in [0.1, 0.15) is 22.6 Å². The van der Waals surface area contributed by atoms with E-state index in [4.69, 9.17) is 4.74 Å². The maximum atomic E-state index is 13.7. The molecule has 0 aliphatic carbocycles. The van der Waals surface area contributed by atoms with Gasteiger partial charge in [-0.25, -0.2) is 22.2 Å². The van der Waals surface area contributed by atoms with Gasteiger partial charge in [-0.3, -0.25) is 0 Å². The third-order valence-corrected chi connectivity index (χ3v) is 5.34. The molecule has 5 nitrogen and oxygen atoms in total. The van der Waals surface area contributed by atoms with E-state index in [9.17, 15) is 17.2 Å². The van der Waals surface area contributed by atoms with Gasteiger partial charge in [-0.2, -0.15) is 4.31 Å². The molecule has 1 aromatic carbocycles. The number of aryl methyl sites for hydroxylation is 1. The van der Waals surface area contributed by atoms with Gasteiger partial charge in [0.25, 0.3) is 0 Å². The van der Waals surface area contributed by atoms with Crippen molar-refractivity contribution in [3.63, 3.8) is 0 Å². The number of aromatic nitrogens is 1. The number of rotatable bonds is 4. The number of hydrogen-bond acceptors (Lipinski definition) is 4. The van der Waals surface area contributed by atoms with Gasteiger partial charge >= 0.3 is 0 Å². The number of hydrogen-bond donors (Lipinski definition) is 0. The summed E-state index contributed by atoms with van der Waals surface area (Å²) in [4.78, 5) is 3.64. The van der Waals surface area contributed by atoms with Crippen molar-refractivity contribution in [2.75, 3.05) is 13.1 Å². The number of ether oxygens (including phenoxy) is 1. The second-order valence-electron chi connectivity index (χ2n) is 5.25.